The zero-order valence-corrected chi connectivity index (χ0v) is 8.60. The minimum absolute atomic E-state index is 0.0647. The second kappa shape index (κ2) is 5.45. The van der Waals surface area contributed by atoms with Gasteiger partial charge in [0.2, 0.25) is 0 Å². The summed E-state index contributed by atoms with van der Waals surface area (Å²) in [6, 6.07) is 7.79. The molecule has 76 valence electrons. The Bertz CT molecular complexity index is 303. The maximum Gasteiger partial charge on any atom is 0.120 e. The molecule has 0 fully saturated rings. The van der Waals surface area contributed by atoms with Gasteiger partial charge >= 0.3 is 0 Å². The van der Waals surface area contributed by atoms with Crippen molar-refractivity contribution < 1.29 is 9.84 Å². The van der Waals surface area contributed by atoms with Gasteiger partial charge in [0.15, 0.2) is 0 Å². The number of benzene rings is 1. The lowest BCUT2D eigenvalue weighted by molar-refractivity contribution is 0.242. The van der Waals surface area contributed by atoms with E-state index < -0.39 is 0 Å². The fourth-order valence-corrected chi connectivity index (χ4v) is 1.15. The van der Waals surface area contributed by atoms with Crippen molar-refractivity contribution >= 4 is 6.08 Å². The molecule has 0 radical (unpaired) electrons. The molecular formula is C12H16O2. The molecule has 0 saturated heterocycles. The molecule has 0 heterocycles. The van der Waals surface area contributed by atoms with Gasteiger partial charge in [0.05, 0.1) is 12.7 Å². The summed E-state index contributed by atoms with van der Waals surface area (Å²) in [7, 11) is 0. The van der Waals surface area contributed by atoms with Crippen molar-refractivity contribution in [3.8, 4) is 5.75 Å². The molecule has 0 aliphatic carbocycles. The molecule has 0 atom stereocenters. The highest BCUT2D eigenvalue weighted by atomic mass is 16.5. The van der Waals surface area contributed by atoms with E-state index >= 15 is 0 Å². The molecule has 0 aromatic heterocycles. The van der Waals surface area contributed by atoms with E-state index in [1.165, 1.54) is 0 Å². The number of hydrogen-bond acceptors (Lipinski definition) is 2. The maximum atomic E-state index is 8.62. The van der Waals surface area contributed by atoms with Crippen LogP contribution >= 0.6 is 0 Å². The molecule has 0 aliphatic heterocycles. The summed E-state index contributed by atoms with van der Waals surface area (Å²) in [4.78, 5) is 0. The molecule has 0 saturated carbocycles. The normalized spacial score (nSPS) is 11.1. The monoisotopic (exact) mass is 192 g/mol. The lowest BCUT2D eigenvalue weighted by atomic mass is 10.2. The van der Waals surface area contributed by atoms with E-state index in [0.717, 1.165) is 11.3 Å². The van der Waals surface area contributed by atoms with Gasteiger partial charge in [0.1, 0.15) is 5.75 Å². The molecule has 1 rings (SSSR count). The molecule has 2 heteroatoms. The molecule has 1 aromatic carbocycles. The molecule has 14 heavy (non-hydrogen) atoms. The van der Waals surface area contributed by atoms with Crippen LogP contribution in [0.3, 0.4) is 0 Å². The second-order valence-corrected chi connectivity index (χ2v) is 3.32. The van der Waals surface area contributed by atoms with Crippen LogP contribution in [-0.4, -0.2) is 17.8 Å². The third-order valence-corrected chi connectivity index (χ3v) is 1.65. The average Bonchev–Trinajstić information content (AvgIpc) is 2.14. The zero-order valence-electron chi connectivity index (χ0n) is 8.60. The van der Waals surface area contributed by atoms with Gasteiger partial charge in [-0.3, -0.25) is 0 Å². The third-order valence-electron chi connectivity index (χ3n) is 1.65. The fourth-order valence-electron chi connectivity index (χ4n) is 1.15. The number of aliphatic hydroxyl groups is 1. The van der Waals surface area contributed by atoms with Crippen LogP contribution in [0.15, 0.2) is 30.3 Å². The Morgan fingerprint density at radius 2 is 2.21 bits per heavy atom. The Morgan fingerprint density at radius 3 is 2.86 bits per heavy atom. The van der Waals surface area contributed by atoms with Gasteiger partial charge in [-0.1, -0.05) is 24.3 Å². The third kappa shape index (κ3) is 3.62. The molecule has 2 nitrogen and oxygen atoms in total. The average molecular weight is 192 g/mol. The summed E-state index contributed by atoms with van der Waals surface area (Å²) in [5, 5.41) is 8.62. The Balaban J connectivity index is 2.73. The summed E-state index contributed by atoms with van der Waals surface area (Å²) < 4.78 is 5.54. The van der Waals surface area contributed by atoms with E-state index in [2.05, 4.69) is 0 Å². The first kappa shape index (κ1) is 10.8. The Morgan fingerprint density at radius 1 is 1.43 bits per heavy atom. The molecule has 0 unspecified atom stereocenters. The summed E-state index contributed by atoms with van der Waals surface area (Å²) in [6.07, 6.45) is 3.76. The van der Waals surface area contributed by atoms with Gasteiger partial charge < -0.3 is 9.84 Å². The second-order valence-electron chi connectivity index (χ2n) is 3.32. The van der Waals surface area contributed by atoms with Crippen LogP contribution in [0.5, 0.6) is 5.75 Å². The molecular weight excluding hydrogens is 176 g/mol. The van der Waals surface area contributed by atoms with E-state index in [1.807, 2.05) is 44.2 Å². The van der Waals surface area contributed by atoms with Crippen molar-refractivity contribution in [2.45, 2.75) is 20.0 Å². The van der Waals surface area contributed by atoms with Crippen LogP contribution < -0.4 is 4.74 Å². The van der Waals surface area contributed by atoms with Gasteiger partial charge in [-0.2, -0.15) is 0 Å². The minimum atomic E-state index is 0.0647. The molecule has 0 aliphatic rings. The van der Waals surface area contributed by atoms with E-state index in [9.17, 15) is 0 Å². The molecule has 0 amide bonds. The van der Waals surface area contributed by atoms with Gasteiger partial charge in [-0.05, 0) is 31.5 Å². The van der Waals surface area contributed by atoms with Crippen LogP contribution in [0.1, 0.15) is 19.4 Å². The van der Waals surface area contributed by atoms with E-state index in [-0.39, 0.29) is 12.7 Å². The number of rotatable bonds is 4. The van der Waals surface area contributed by atoms with Crippen LogP contribution in [0.25, 0.3) is 6.08 Å². The molecule has 0 bridgehead atoms. The highest BCUT2D eigenvalue weighted by molar-refractivity contribution is 5.51. The van der Waals surface area contributed by atoms with Gasteiger partial charge in [0.25, 0.3) is 0 Å². The molecule has 1 aromatic rings. The van der Waals surface area contributed by atoms with Crippen LogP contribution in [0.2, 0.25) is 0 Å². The summed E-state index contributed by atoms with van der Waals surface area (Å²) in [6.45, 7) is 4.06. The Hall–Kier alpha value is -1.28. The van der Waals surface area contributed by atoms with Crippen molar-refractivity contribution in [2.24, 2.45) is 0 Å². The number of ether oxygens (including phenoxy) is 1. The van der Waals surface area contributed by atoms with Crippen molar-refractivity contribution in [3.63, 3.8) is 0 Å². The highest BCUT2D eigenvalue weighted by Gasteiger charge is 1.96. The SMILES string of the molecule is CC(C)Oc1cccc(C=CCO)c1. The van der Waals surface area contributed by atoms with E-state index in [0.29, 0.717) is 0 Å². The first-order chi connectivity index (χ1) is 6.72. The van der Waals surface area contributed by atoms with Gasteiger partial charge in [-0.15, -0.1) is 0 Å². The summed E-state index contributed by atoms with van der Waals surface area (Å²) >= 11 is 0. The first-order valence-electron chi connectivity index (χ1n) is 4.76. The Kier molecular flexibility index (Phi) is 4.20. The van der Waals surface area contributed by atoms with Gasteiger partial charge in [-0.25, -0.2) is 0 Å². The Labute approximate surface area is 84.8 Å². The van der Waals surface area contributed by atoms with Crippen LogP contribution in [-0.2, 0) is 0 Å². The predicted octanol–water partition coefficient (Wildman–Crippen LogP) is 2.48. The smallest absolute Gasteiger partial charge is 0.120 e. The maximum absolute atomic E-state index is 8.62. The summed E-state index contributed by atoms with van der Waals surface area (Å²) in [5.74, 6) is 0.861. The van der Waals surface area contributed by atoms with E-state index in [4.69, 9.17) is 9.84 Å². The molecule has 1 N–H and O–H groups in total. The van der Waals surface area contributed by atoms with E-state index in [1.54, 1.807) is 6.08 Å². The first-order valence-corrected chi connectivity index (χ1v) is 4.76. The van der Waals surface area contributed by atoms with Crippen molar-refractivity contribution in [1.29, 1.82) is 0 Å². The number of aliphatic hydroxyl groups excluding tert-OH is 1. The molecule has 0 spiro atoms. The topological polar surface area (TPSA) is 29.5 Å². The largest absolute Gasteiger partial charge is 0.491 e. The summed E-state index contributed by atoms with van der Waals surface area (Å²) in [5.41, 5.74) is 1.04. The van der Waals surface area contributed by atoms with Gasteiger partial charge in [0, 0.05) is 0 Å². The standard InChI is InChI=1S/C12H16O2/c1-10(2)14-12-7-3-5-11(9-12)6-4-8-13/h3-7,9-10,13H,8H2,1-2H3. The minimum Gasteiger partial charge on any atom is -0.491 e. The van der Waals surface area contributed by atoms with Crippen molar-refractivity contribution in [3.05, 3.63) is 35.9 Å². The highest BCUT2D eigenvalue weighted by Crippen LogP contribution is 2.15. The lowest BCUT2D eigenvalue weighted by Gasteiger charge is -2.09. The van der Waals surface area contributed by atoms with Crippen LogP contribution in [0.4, 0.5) is 0 Å². The predicted molar refractivity (Wildman–Crippen MR) is 58.3 cm³/mol. The van der Waals surface area contributed by atoms with Crippen LogP contribution in [0, 0.1) is 0 Å². The zero-order chi connectivity index (χ0) is 10.4. The lowest BCUT2D eigenvalue weighted by Crippen LogP contribution is -2.05. The van der Waals surface area contributed by atoms with Crippen molar-refractivity contribution in [2.75, 3.05) is 6.61 Å². The quantitative estimate of drug-likeness (QED) is 0.794. The fraction of sp³-hybridized carbons (Fsp3) is 0.333. The van der Waals surface area contributed by atoms with Crippen molar-refractivity contribution in [1.82, 2.24) is 0 Å². The number of hydrogen-bond donors (Lipinski definition) is 1.